The number of ether oxygens (including phenoxy) is 1. The van der Waals surface area contributed by atoms with Gasteiger partial charge in [0.1, 0.15) is 17.2 Å². The van der Waals surface area contributed by atoms with Crippen molar-refractivity contribution < 1.29 is 22.3 Å². The predicted octanol–water partition coefficient (Wildman–Crippen LogP) is 4.81. The highest BCUT2D eigenvalue weighted by molar-refractivity contribution is 7.90. The number of hydrogen-bond donors (Lipinski definition) is 4. The number of hydrogen-bond acceptors (Lipinski definition) is 7. The van der Waals surface area contributed by atoms with E-state index in [1.807, 2.05) is 13.8 Å². The monoisotopic (exact) mass is 590 g/mol. The van der Waals surface area contributed by atoms with Gasteiger partial charge in [-0.15, -0.1) is 0 Å². The quantitative estimate of drug-likeness (QED) is 0.295. The zero-order valence-corrected chi connectivity index (χ0v) is 25.9. The zero-order valence-electron chi connectivity index (χ0n) is 25.1. The van der Waals surface area contributed by atoms with Crippen molar-refractivity contribution in [2.45, 2.75) is 60.9 Å². The van der Waals surface area contributed by atoms with Gasteiger partial charge in [-0.3, -0.25) is 23.9 Å². The average molecular weight is 591 g/mol. The summed E-state index contributed by atoms with van der Waals surface area (Å²) in [6, 6.07) is 4.52. The first kappa shape index (κ1) is 33.2. The van der Waals surface area contributed by atoms with E-state index in [2.05, 4.69) is 25.1 Å². The van der Waals surface area contributed by atoms with Crippen LogP contribution in [0.4, 0.5) is 21.6 Å². The summed E-state index contributed by atoms with van der Waals surface area (Å²) in [5, 5.41) is 5.76. The molecular weight excluding hydrogens is 551 g/mol. The number of halogens is 1. The van der Waals surface area contributed by atoms with E-state index >= 15 is 0 Å². The van der Waals surface area contributed by atoms with Crippen molar-refractivity contribution >= 4 is 33.3 Å². The van der Waals surface area contributed by atoms with Gasteiger partial charge in [0, 0.05) is 25.2 Å². The van der Waals surface area contributed by atoms with Crippen molar-refractivity contribution in [2.75, 3.05) is 17.1 Å². The molecular formula is C28H39FN6O5S. The zero-order chi connectivity index (χ0) is 31.3. The van der Waals surface area contributed by atoms with E-state index in [1.54, 1.807) is 40.7 Å². The number of anilines is 3. The number of amides is 1. The molecule has 0 aliphatic heterocycles. The highest BCUT2D eigenvalue weighted by Gasteiger charge is 2.29. The average Bonchev–Trinajstić information content (AvgIpc) is 2.89. The van der Waals surface area contributed by atoms with Crippen LogP contribution in [0.3, 0.4) is 0 Å². The molecule has 3 aromatic rings. The van der Waals surface area contributed by atoms with Gasteiger partial charge in [-0.2, -0.15) is 8.42 Å². The highest BCUT2D eigenvalue weighted by Crippen LogP contribution is 2.36. The molecule has 2 aromatic heterocycles. The normalized spacial score (nSPS) is 11.3. The van der Waals surface area contributed by atoms with Gasteiger partial charge >= 0.3 is 0 Å². The van der Waals surface area contributed by atoms with Gasteiger partial charge in [-0.1, -0.05) is 19.9 Å². The Morgan fingerprint density at radius 1 is 1.05 bits per heavy atom. The molecule has 0 unspecified atom stereocenters. The van der Waals surface area contributed by atoms with E-state index in [1.165, 1.54) is 50.1 Å². The third-order valence-electron chi connectivity index (χ3n) is 5.75. The number of carbonyl (C=O) groups excluding carboxylic acids is 1. The summed E-state index contributed by atoms with van der Waals surface area (Å²) in [7, 11) is -1.14. The fourth-order valence-electron chi connectivity index (χ4n) is 3.67. The molecule has 1 aromatic carbocycles. The molecule has 0 spiro atoms. The van der Waals surface area contributed by atoms with Crippen LogP contribution in [0.1, 0.15) is 61.7 Å². The van der Waals surface area contributed by atoms with Crippen molar-refractivity contribution in [2.24, 2.45) is 7.05 Å². The standard InChI is InChI=1S/C26H33FN6O5S.C2H6/c1-14-9-10-18(17(27)11-14)30-23-21(24(34)31-26(4,5)6)22(16(3)25(35)33(23)8)38-20-13-29-12-19(15(20)2)32-39(36,37)28-7;1-2/h9-13,28,30,32H,1-8H3,(H,31,34);1-2H3. The summed E-state index contributed by atoms with van der Waals surface area (Å²) in [6.07, 6.45) is 2.63. The Hall–Kier alpha value is -3.97. The number of aromatic nitrogens is 2. The lowest BCUT2D eigenvalue weighted by atomic mass is 10.1. The van der Waals surface area contributed by atoms with Gasteiger partial charge in [0.25, 0.3) is 21.7 Å². The Kier molecular flexibility index (Phi) is 10.6. The van der Waals surface area contributed by atoms with Gasteiger partial charge in [-0.05, 0) is 59.2 Å². The van der Waals surface area contributed by atoms with Crippen LogP contribution < -0.4 is 30.4 Å². The smallest absolute Gasteiger partial charge is 0.298 e. The van der Waals surface area contributed by atoms with Crippen LogP contribution in [-0.2, 0) is 17.3 Å². The summed E-state index contributed by atoms with van der Waals surface area (Å²) in [5.41, 5.74) is 0.127. The summed E-state index contributed by atoms with van der Waals surface area (Å²) in [5.74, 6) is -1.14. The maximum absolute atomic E-state index is 14.8. The molecule has 0 saturated carbocycles. The molecule has 4 N–H and O–H groups in total. The minimum atomic E-state index is -3.85. The van der Waals surface area contributed by atoms with Gasteiger partial charge in [0.15, 0.2) is 11.5 Å². The van der Waals surface area contributed by atoms with Gasteiger partial charge < -0.3 is 15.4 Å². The van der Waals surface area contributed by atoms with Crippen molar-refractivity contribution in [3.8, 4) is 11.5 Å². The number of aryl methyl sites for hydroxylation is 1. The molecule has 0 saturated heterocycles. The Morgan fingerprint density at radius 2 is 1.68 bits per heavy atom. The van der Waals surface area contributed by atoms with Gasteiger partial charge in [0.2, 0.25) is 0 Å². The first-order valence-corrected chi connectivity index (χ1v) is 14.5. The number of nitrogens with one attached hydrogen (secondary N) is 4. The van der Waals surface area contributed by atoms with Crippen LogP contribution in [0.5, 0.6) is 11.5 Å². The predicted molar refractivity (Wildman–Crippen MR) is 160 cm³/mol. The van der Waals surface area contributed by atoms with E-state index in [-0.39, 0.29) is 39.8 Å². The van der Waals surface area contributed by atoms with Crippen LogP contribution in [0.25, 0.3) is 0 Å². The fraction of sp³-hybridized carbons (Fsp3) is 0.393. The van der Waals surface area contributed by atoms with Crippen molar-refractivity contribution in [1.82, 2.24) is 19.6 Å². The minimum Gasteiger partial charge on any atom is -0.454 e. The summed E-state index contributed by atoms with van der Waals surface area (Å²) in [4.78, 5) is 31.0. The van der Waals surface area contributed by atoms with Crippen LogP contribution in [0.2, 0.25) is 0 Å². The number of nitrogens with zero attached hydrogens (tertiary/aromatic N) is 2. The molecule has 0 fully saturated rings. The molecule has 224 valence electrons. The van der Waals surface area contributed by atoms with E-state index in [0.717, 1.165) is 0 Å². The Bertz CT molecular complexity index is 1600. The van der Waals surface area contributed by atoms with E-state index in [4.69, 9.17) is 4.74 Å². The molecule has 41 heavy (non-hydrogen) atoms. The lowest BCUT2D eigenvalue weighted by molar-refractivity contribution is 0.0917. The van der Waals surface area contributed by atoms with Crippen LogP contribution in [0.15, 0.2) is 35.4 Å². The largest absolute Gasteiger partial charge is 0.454 e. The van der Waals surface area contributed by atoms with Crippen molar-refractivity contribution in [1.29, 1.82) is 0 Å². The molecule has 0 bridgehead atoms. The Balaban J connectivity index is 0.00000287. The van der Waals surface area contributed by atoms with Crippen LogP contribution in [-0.4, -0.2) is 36.5 Å². The van der Waals surface area contributed by atoms with Gasteiger partial charge in [0.05, 0.1) is 29.3 Å². The second kappa shape index (κ2) is 13.1. The molecule has 13 heteroatoms. The number of rotatable bonds is 8. The number of pyridine rings is 2. The first-order valence-electron chi connectivity index (χ1n) is 13.0. The Labute approximate surface area is 240 Å². The molecule has 0 radical (unpaired) electrons. The maximum Gasteiger partial charge on any atom is 0.298 e. The SMILES string of the molecule is CC.CNS(=O)(=O)Nc1cncc(Oc2c(C(=O)NC(C)(C)C)c(Nc3ccc(C)cc3F)n(C)c(=O)c2C)c1C. The van der Waals surface area contributed by atoms with Gasteiger partial charge in [-0.25, -0.2) is 9.11 Å². The third kappa shape index (κ3) is 8.04. The van der Waals surface area contributed by atoms with E-state index in [0.29, 0.717) is 11.1 Å². The van der Waals surface area contributed by atoms with Crippen LogP contribution in [0, 0.1) is 26.6 Å². The topological polar surface area (TPSA) is 143 Å². The van der Waals surface area contributed by atoms with Crippen molar-refractivity contribution in [3.05, 3.63) is 69.0 Å². The molecule has 0 aliphatic rings. The molecule has 2 heterocycles. The van der Waals surface area contributed by atoms with E-state index < -0.39 is 33.0 Å². The minimum absolute atomic E-state index is 0.00255. The lowest BCUT2D eigenvalue weighted by Gasteiger charge is -2.25. The molecule has 11 nitrogen and oxygen atoms in total. The first-order chi connectivity index (χ1) is 19.0. The lowest BCUT2D eigenvalue weighted by Crippen LogP contribution is -2.42. The Morgan fingerprint density at radius 3 is 2.24 bits per heavy atom. The van der Waals surface area contributed by atoms with Crippen LogP contribution >= 0.6 is 0 Å². The number of carbonyl (C=O) groups is 1. The summed E-state index contributed by atoms with van der Waals surface area (Å²) in [6.45, 7) is 14.2. The molecule has 3 rings (SSSR count). The third-order valence-corrected chi connectivity index (χ3v) is 6.78. The summed E-state index contributed by atoms with van der Waals surface area (Å²) < 4.78 is 50.7. The molecule has 1 amide bonds. The summed E-state index contributed by atoms with van der Waals surface area (Å²) >= 11 is 0. The second-order valence-electron chi connectivity index (χ2n) is 10.1. The second-order valence-corrected chi connectivity index (χ2v) is 11.7. The maximum atomic E-state index is 14.8. The molecule has 0 atom stereocenters. The highest BCUT2D eigenvalue weighted by atomic mass is 32.2. The molecule has 0 aliphatic carbocycles. The fourth-order valence-corrected chi connectivity index (χ4v) is 4.26. The van der Waals surface area contributed by atoms with E-state index in [9.17, 15) is 22.4 Å². The van der Waals surface area contributed by atoms with Crippen molar-refractivity contribution in [3.63, 3.8) is 0 Å². The number of benzene rings is 1.